The van der Waals surface area contributed by atoms with Crippen LogP contribution in [0.1, 0.15) is 19.8 Å². The molecule has 0 rings (SSSR count). The van der Waals surface area contributed by atoms with Crippen LogP contribution in [0, 0.1) is 0 Å². The summed E-state index contributed by atoms with van der Waals surface area (Å²) in [7, 11) is 11.3. The quantitative estimate of drug-likeness (QED) is 0.398. The Hall–Kier alpha value is -0.160. The molecule has 0 unspecified atom stereocenters. The number of likely N-dealkylation sites (N-methyl/N-ethyl adjacent to an activating group) is 1. The van der Waals surface area contributed by atoms with E-state index in [0.717, 1.165) is 48.4 Å². The van der Waals surface area contributed by atoms with E-state index in [1.54, 1.807) is 0 Å². The first-order valence-electron chi connectivity index (χ1n) is 7.55. The van der Waals surface area contributed by atoms with E-state index in [1.165, 1.54) is 19.5 Å². The number of quaternary nitrogens is 2. The van der Waals surface area contributed by atoms with Crippen LogP contribution >= 0.6 is 0 Å². The van der Waals surface area contributed by atoms with Crippen LogP contribution in [-0.2, 0) is 9.47 Å². The Balaban J connectivity index is 3.51. The van der Waals surface area contributed by atoms with E-state index in [-0.39, 0.29) is 0 Å². The number of ether oxygens (including phenoxy) is 2. The van der Waals surface area contributed by atoms with Gasteiger partial charge in [-0.15, -0.1) is 0 Å². The van der Waals surface area contributed by atoms with Gasteiger partial charge in [0, 0.05) is 13.0 Å². The van der Waals surface area contributed by atoms with E-state index < -0.39 is 0 Å². The van der Waals surface area contributed by atoms with Crippen molar-refractivity contribution in [2.75, 3.05) is 81.3 Å². The second kappa shape index (κ2) is 9.70. The topological polar surface area (TPSA) is 18.5 Å². The van der Waals surface area contributed by atoms with Crippen molar-refractivity contribution >= 4 is 0 Å². The van der Waals surface area contributed by atoms with Gasteiger partial charge in [0.15, 0.2) is 0 Å². The fourth-order valence-corrected chi connectivity index (χ4v) is 1.86. The summed E-state index contributed by atoms with van der Waals surface area (Å²) in [6.45, 7) is 8.76. The van der Waals surface area contributed by atoms with Crippen LogP contribution in [0.4, 0.5) is 0 Å². The summed E-state index contributed by atoms with van der Waals surface area (Å²) in [5, 5.41) is 0. The summed E-state index contributed by atoms with van der Waals surface area (Å²) >= 11 is 0. The van der Waals surface area contributed by atoms with Crippen molar-refractivity contribution < 1.29 is 18.4 Å². The summed E-state index contributed by atoms with van der Waals surface area (Å²) in [4.78, 5) is 0. The van der Waals surface area contributed by atoms with Gasteiger partial charge in [-0.05, 0) is 6.42 Å². The molecule has 0 radical (unpaired) electrons. The Morgan fingerprint density at radius 3 is 1.79 bits per heavy atom. The molecule has 0 saturated heterocycles. The summed E-state index contributed by atoms with van der Waals surface area (Å²) in [6, 6.07) is 0. The van der Waals surface area contributed by atoms with Crippen molar-refractivity contribution in [2.45, 2.75) is 19.8 Å². The van der Waals surface area contributed by atoms with Crippen molar-refractivity contribution in [3.63, 3.8) is 0 Å². The zero-order chi connectivity index (χ0) is 14.8. The molecule has 0 amide bonds. The second-order valence-corrected chi connectivity index (χ2v) is 6.98. The third kappa shape index (κ3) is 14.1. The molecule has 0 bridgehead atoms. The van der Waals surface area contributed by atoms with Gasteiger partial charge in [-0.3, -0.25) is 0 Å². The summed E-state index contributed by atoms with van der Waals surface area (Å²) in [5.41, 5.74) is 0. The lowest BCUT2D eigenvalue weighted by Gasteiger charge is -2.31. The van der Waals surface area contributed by atoms with E-state index in [9.17, 15) is 0 Å². The predicted molar refractivity (Wildman–Crippen MR) is 81.3 cm³/mol. The van der Waals surface area contributed by atoms with E-state index in [4.69, 9.17) is 9.47 Å². The summed E-state index contributed by atoms with van der Waals surface area (Å²) < 4.78 is 13.1. The van der Waals surface area contributed by atoms with Gasteiger partial charge >= 0.3 is 0 Å². The lowest BCUT2D eigenvalue weighted by molar-refractivity contribution is -0.902. The molecular formula is C15H36N2O2+2. The number of nitrogens with zero attached hydrogens (tertiary/aromatic N) is 2. The van der Waals surface area contributed by atoms with Crippen molar-refractivity contribution in [1.29, 1.82) is 0 Å². The number of rotatable bonds is 12. The predicted octanol–water partition coefficient (Wildman–Crippen LogP) is 1.60. The highest BCUT2D eigenvalue weighted by Crippen LogP contribution is 2.02. The average Bonchev–Trinajstić information content (AvgIpc) is 2.25. The third-order valence-electron chi connectivity index (χ3n) is 3.15. The number of hydrogen-bond donors (Lipinski definition) is 0. The van der Waals surface area contributed by atoms with Gasteiger partial charge in [0.25, 0.3) is 0 Å². The lowest BCUT2D eigenvalue weighted by atomic mass is 10.3. The van der Waals surface area contributed by atoms with E-state index in [2.05, 4.69) is 42.2 Å². The SMILES string of the molecule is CCCOCCOCC[N+](C)(C)CCC[N+](C)(C)C. The molecule has 0 spiro atoms. The van der Waals surface area contributed by atoms with Gasteiger partial charge < -0.3 is 18.4 Å². The zero-order valence-electron chi connectivity index (χ0n) is 14.1. The molecule has 0 N–H and O–H groups in total. The molecule has 0 atom stereocenters. The first kappa shape index (κ1) is 18.8. The average molecular weight is 276 g/mol. The van der Waals surface area contributed by atoms with Gasteiger partial charge in [-0.2, -0.15) is 0 Å². The lowest BCUT2D eigenvalue weighted by Crippen LogP contribution is -2.45. The van der Waals surface area contributed by atoms with Crippen LogP contribution in [0.5, 0.6) is 0 Å². The highest BCUT2D eigenvalue weighted by Gasteiger charge is 2.16. The fraction of sp³-hybridized carbons (Fsp3) is 1.00. The molecule has 0 saturated carbocycles. The minimum atomic E-state index is 0.721. The molecule has 4 nitrogen and oxygen atoms in total. The molecule has 0 aromatic carbocycles. The molecule has 0 aromatic rings. The Bertz CT molecular complexity index is 213. The maximum atomic E-state index is 5.62. The highest BCUT2D eigenvalue weighted by atomic mass is 16.5. The van der Waals surface area contributed by atoms with Crippen LogP contribution in [0.3, 0.4) is 0 Å². The minimum absolute atomic E-state index is 0.721. The third-order valence-corrected chi connectivity index (χ3v) is 3.15. The Morgan fingerprint density at radius 1 is 0.684 bits per heavy atom. The standard InChI is InChI=1S/C15H36N2O2/c1-7-12-18-14-15-19-13-11-17(5,6)10-8-9-16(2,3)4/h7-15H2,1-6H3/q+2. The van der Waals surface area contributed by atoms with Crippen LogP contribution in [0.25, 0.3) is 0 Å². The first-order chi connectivity index (χ1) is 8.77. The van der Waals surface area contributed by atoms with Gasteiger partial charge in [-0.1, -0.05) is 6.92 Å². The van der Waals surface area contributed by atoms with Crippen molar-refractivity contribution in [3.05, 3.63) is 0 Å². The summed E-state index contributed by atoms with van der Waals surface area (Å²) in [5.74, 6) is 0. The van der Waals surface area contributed by atoms with Crippen LogP contribution in [0.15, 0.2) is 0 Å². The monoisotopic (exact) mass is 276 g/mol. The number of hydrogen-bond acceptors (Lipinski definition) is 2. The summed E-state index contributed by atoms with van der Waals surface area (Å²) in [6.07, 6.45) is 2.34. The molecule has 116 valence electrons. The molecule has 0 heterocycles. The zero-order valence-corrected chi connectivity index (χ0v) is 14.1. The molecule has 19 heavy (non-hydrogen) atoms. The maximum absolute atomic E-state index is 5.62. The van der Waals surface area contributed by atoms with Crippen LogP contribution < -0.4 is 0 Å². The minimum Gasteiger partial charge on any atom is -0.379 e. The Labute approximate surface area is 120 Å². The van der Waals surface area contributed by atoms with Crippen molar-refractivity contribution in [1.82, 2.24) is 0 Å². The maximum Gasteiger partial charge on any atom is 0.102 e. The van der Waals surface area contributed by atoms with Crippen LogP contribution in [-0.4, -0.2) is 90.3 Å². The van der Waals surface area contributed by atoms with E-state index in [1.807, 2.05) is 0 Å². The molecule has 0 aliphatic carbocycles. The van der Waals surface area contributed by atoms with Crippen LogP contribution in [0.2, 0.25) is 0 Å². The second-order valence-electron chi connectivity index (χ2n) is 6.98. The molecule has 0 aliphatic heterocycles. The van der Waals surface area contributed by atoms with Gasteiger partial charge in [-0.25, -0.2) is 0 Å². The van der Waals surface area contributed by atoms with Crippen molar-refractivity contribution in [3.8, 4) is 0 Å². The fourth-order valence-electron chi connectivity index (χ4n) is 1.86. The smallest absolute Gasteiger partial charge is 0.102 e. The van der Waals surface area contributed by atoms with E-state index in [0.29, 0.717) is 0 Å². The molecule has 4 heteroatoms. The molecule has 0 fully saturated rings. The first-order valence-corrected chi connectivity index (χ1v) is 7.55. The Kier molecular flexibility index (Phi) is 9.62. The largest absolute Gasteiger partial charge is 0.379 e. The van der Waals surface area contributed by atoms with E-state index >= 15 is 0 Å². The van der Waals surface area contributed by atoms with Gasteiger partial charge in [0.1, 0.15) is 6.54 Å². The Morgan fingerprint density at radius 2 is 1.26 bits per heavy atom. The highest BCUT2D eigenvalue weighted by molar-refractivity contribution is 4.39. The van der Waals surface area contributed by atoms with Crippen molar-refractivity contribution in [2.24, 2.45) is 0 Å². The van der Waals surface area contributed by atoms with Gasteiger partial charge in [0.2, 0.25) is 0 Å². The molecular weight excluding hydrogens is 240 g/mol. The molecule has 0 aliphatic rings. The molecule has 0 aromatic heterocycles. The van der Waals surface area contributed by atoms with Gasteiger partial charge in [0.05, 0.1) is 68.1 Å². The normalized spacial score (nSPS) is 12.9.